The quantitative estimate of drug-likeness (QED) is 0.181. The highest BCUT2D eigenvalue weighted by molar-refractivity contribution is 6.08. The molecule has 7 rings (SSSR count). The van der Waals surface area contributed by atoms with E-state index in [2.05, 4.69) is 146 Å². The zero-order valence-electron chi connectivity index (χ0n) is 27.5. The number of hydrogen-bond acceptors (Lipinski definition) is 5. The van der Waals surface area contributed by atoms with Crippen LogP contribution in [-0.4, -0.2) is 24.7 Å². The van der Waals surface area contributed by atoms with Crippen LogP contribution in [0.2, 0.25) is 0 Å². The average molecular weight is 606 g/mol. The second-order valence-corrected chi connectivity index (χ2v) is 13.3. The molecule has 6 heteroatoms. The van der Waals surface area contributed by atoms with Crippen LogP contribution in [0.3, 0.4) is 0 Å². The zero-order chi connectivity index (χ0) is 32.2. The monoisotopic (exact) mass is 605 g/mol. The van der Waals surface area contributed by atoms with E-state index in [9.17, 15) is 0 Å². The van der Waals surface area contributed by atoms with Crippen molar-refractivity contribution in [1.29, 1.82) is 0 Å². The van der Waals surface area contributed by atoms with E-state index < -0.39 is 5.41 Å². The second kappa shape index (κ2) is 11.4. The minimum absolute atomic E-state index is 0.360. The average Bonchev–Trinajstić information content (AvgIpc) is 3.69. The van der Waals surface area contributed by atoms with Crippen LogP contribution in [0.5, 0.6) is 0 Å². The Hall–Kier alpha value is -5.10. The van der Waals surface area contributed by atoms with E-state index >= 15 is 0 Å². The molecular weight excluding hydrogens is 566 g/mol. The summed E-state index contributed by atoms with van der Waals surface area (Å²) in [5.41, 5.74) is 10.7. The van der Waals surface area contributed by atoms with Gasteiger partial charge in [0, 0.05) is 33.0 Å². The molecule has 230 valence electrons. The van der Waals surface area contributed by atoms with E-state index in [0.29, 0.717) is 17.5 Å². The van der Waals surface area contributed by atoms with Crippen molar-refractivity contribution in [2.24, 2.45) is 0 Å². The lowest BCUT2D eigenvalue weighted by Gasteiger charge is -2.26. The molecule has 3 aromatic carbocycles. The lowest BCUT2D eigenvalue weighted by Crippen LogP contribution is -2.21. The number of aromatic nitrogens is 5. The van der Waals surface area contributed by atoms with Crippen LogP contribution in [0.15, 0.2) is 102 Å². The Morgan fingerprint density at radius 3 is 2.22 bits per heavy atom. The second-order valence-electron chi connectivity index (χ2n) is 13.3. The molecule has 0 fully saturated rings. The van der Waals surface area contributed by atoms with E-state index in [1.54, 1.807) is 0 Å². The Morgan fingerprint density at radius 1 is 0.739 bits per heavy atom. The normalized spacial score (nSPS) is 12.2. The summed E-state index contributed by atoms with van der Waals surface area (Å²) >= 11 is 0. The van der Waals surface area contributed by atoms with Gasteiger partial charge in [-0.2, -0.15) is 0 Å². The maximum atomic E-state index is 6.31. The van der Waals surface area contributed by atoms with Gasteiger partial charge in [-0.15, -0.1) is 10.2 Å². The summed E-state index contributed by atoms with van der Waals surface area (Å²) in [6.07, 6.45) is 1.85. The minimum Gasteiger partial charge on any atom is -0.437 e. The van der Waals surface area contributed by atoms with Gasteiger partial charge in [0.25, 0.3) is 0 Å². The van der Waals surface area contributed by atoms with Crippen LogP contribution in [0.25, 0.3) is 50.4 Å². The summed E-state index contributed by atoms with van der Waals surface area (Å²) in [5.74, 6) is 1.55. The third-order valence-electron chi connectivity index (χ3n) is 9.14. The van der Waals surface area contributed by atoms with Crippen LogP contribution in [-0.2, 0) is 5.41 Å². The molecule has 4 heterocycles. The van der Waals surface area contributed by atoms with Gasteiger partial charge in [-0.05, 0) is 71.8 Å². The number of hydrogen-bond donors (Lipinski definition) is 0. The van der Waals surface area contributed by atoms with Crippen molar-refractivity contribution in [1.82, 2.24) is 24.7 Å². The Bertz CT molecular complexity index is 2190. The number of furan rings is 1. The molecule has 0 N–H and O–H groups in total. The summed E-state index contributed by atoms with van der Waals surface area (Å²) in [4.78, 5) is 9.86. The summed E-state index contributed by atoms with van der Waals surface area (Å²) in [6.45, 7) is 15.4. The Morgan fingerprint density at radius 2 is 1.46 bits per heavy atom. The predicted molar refractivity (Wildman–Crippen MR) is 187 cm³/mol. The smallest absolute Gasteiger partial charge is 0.227 e. The molecule has 4 aromatic heterocycles. The summed E-state index contributed by atoms with van der Waals surface area (Å²) in [6, 6.07) is 31.8. The molecule has 0 aliphatic heterocycles. The number of rotatable bonds is 7. The Kier molecular flexibility index (Phi) is 7.31. The van der Waals surface area contributed by atoms with Crippen LogP contribution >= 0.6 is 0 Å². The number of nitrogens with zero attached hydrogens (tertiary/aromatic N) is 5. The fraction of sp³-hybridized carbons (Fsp3) is 0.250. The van der Waals surface area contributed by atoms with Crippen molar-refractivity contribution in [3.05, 3.63) is 125 Å². The first kappa shape index (κ1) is 29.6. The summed E-state index contributed by atoms with van der Waals surface area (Å²) in [5, 5.41) is 11.1. The minimum atomic E-state index is -0.393. The molecule has 0 saturated carbocycles. The first-order valence-corrected chi connectivity index (χ1v) is 16.0. The SMILES string of the molecule is Cc1ccc2c(n1)oc1c(-c3cccc(C(C)(C)c4cccc(-c5nncn5-c5c(C(C)C)cccc5C(C)C)c4)n3)cccc12. The third-order valence-corrected chi connectivity index (χ3v) is 9.14. The highest BCUT2D eigenvalue weighted by Crippen LogP contribution is 2.38. The number of pyridine rings is 2. The summed E-state index contributed by atoms with van der Waals surface area (Å²) in [7, 11) is 0. The molecule has 0 unspecified atom stereocenters. The first-order valence-electron chi connectivity index (χ1n) is 16.0. The number of fused-ring (bicyclic) bond motifs is 3. The van der Waals surface area contributed by atoms with Crippen LogP contribution in [0.4, 0.5) is 0 Å². The molecule has 46 heavy (non-hydrogen) atoms. The van der Waals surface area contributed by atoms with E-state index in [0.717, 1.165) is 56.0 Å². The van der Waals surface area contributed by atoms with Gasteiger partial charge in [-0.3, -0.25) is 9.55 Å². The van der Waals surface area contributed by atoms with Crippen molar-refractivity contribution in [2.75, 3.05) is 0 Å². The van der Waals surface area contributed by atoms with E-state index in [4.69, 9.17) is 9.40 Å². The van der Waals surface area contributed by atoms with Gasteiger partial charge in [0.05, 0.1) is 17.1 Å². The molecular formula is C40H39N5O. The van der Waals surface area contributed by atoms with Crippen LogP contribution in [0, 0.1) is 6.92 Å². The molecule has 6 nitrogen and oxygen atoms in total. The van der Waals surface area contributed by atoms with Gasteiger partial charge < -0.3 is 4.42 Å². The molecule has 0 spiro atoms. The van der Waals surface area contributed by atoms with Crippen molar-refractivity contribution < 1.29 is 4.42 Å². The lowest BCUT2D eigenvalue weighted by molar-refractivity contribution is 0.617. The maximum Gasteiger partial charge on any atom is 0.227 e. The van der Waals surface area contributed by atoms with Crippen molar-refractivity contribution in [2.45, 2.75) is 65.7 Å². The zero-order valence-corrected chi connectivity index (χ0v) is 27.5. The summed E-state index contributed by atoms with van der Waals surface area (Å²) < 4.78 is 8.48. The number of benzene rings is 3. The van der Waals surface area contributed by atoms with Crippen LogP contribution < -0.4 is 0 Å². The van der Waals surface area contributed by atoms with Crippen molar-refractivity contribution >= 4 is 22.1 Å². The van der Waals surface area contributed by atoms with E-state index in [1.165, 1.54) is 16.8 Å². The molecule has 0 bridgehead atoms. The standard InChI is InChI=1S/C40H39N5O/c1-24(2)29-14-9-15-30(25(3)4)36(29)45-23-41-44-38(45)27-12-8-13-28(22-27)40(6,7)35-19-11-18-34(43-35)33-17-10-16-31-32-21-20-26(5)42-39(32)46-37(31)33/h8-25H,1-7H3. The van der Waals surface area contributed by atoms with Gasteiger partial charge in [-0.25, -0.2) is 4.98 Å². The van der Waals surface area contributed by atoms with Gasteiger partial charge in [0.2, 0.25) is 5.71 Å². The van der Waals surface area contributed by atoms with Crippen molar-refractivity contribution in [3.8, 4) is 28.3 Å². The van der Waals surface area contributed by atoms with Gasteiger partial charge in [-0.1, -0.05) is 96.1 Å². The maximum absolute atomic E-state index is 6.31. The first-order chi connectivity index (χ1) is 22.1. The molecule has 0 saturated heterocycles. The number of aryl methyl sites for hydroxylation is 1. The molecule has 0 aliphatic rings. The van der Waals surface area contributed by atoms with E-state index in [-0.39, 0.29) is 0 Å². The molecule has 0 amide bonds. The van der Waals surface area contributed by atoms with Gasteiger partial charge in [0.1, 0.15) is 11.9 Å². The Balaban J connectivity index is 1.30. The molecule has 0 radical (unpaired) electrons. The van der Waals surface area contributed by atoms with Crippen LogP contribution in [0.1, 0.15) is 81.5 Å². The van der Waals surface area contributed by atoms with Crippen molar-refractivity contribution in [3.63, 3.8) is 0 Å². The molecule has 7 aromatic rings. The third kappa shape index (κ3) is 4.98. The topological polar surface area (TPSA) is 69.6 Å². The lowest BCUT2D eigenvalue weighted by atomic mass is 9.80. The highest BCUT2D eigenvalue weighted by Gasteiger charge is 2.27. The fourth-order valence-corrected chi connectivity index (χ4v) is 6.49. The number of para-hydroxylation sites is 2. The largest absolute Gasteiger partial charge is 0.437 e. The fourth-order valence-electron chi connectivity index (χ4n) is 6.49. The van der Waals surface area contributed by atoms with Gasteiger partial charge in [0.15, 0.2) is 5.82 Å². The molecule has 0 aliphatic carbocycles. The Labute approximate surface area is 270 Å². The van der Waals surface area contributed by atoms with Gasteiger partial charge >= 0.3 is 0 Å². The highest BCUT2D eigenvalue weighted by atomic mass is 16.3. The van der Waals surface area contributed by atoms with E-state index in [1.807, 2.05) is 19.3 Å². The molecule has 0 atom stereocenters. The predicted octanol–water partition coefficient (Wildman–Crippen LogP) is 10.2.